The van der Waals surface area contributed by atoms with E-state index in [1.54, 1.807) is 30.6 Å². The Bertz CT molecular complexity index is 526. The van der Waals surface area contributed by atoms with Gasteiger partial charge in [0.25, 0.3) is 0 Å². The fourth-order valence-electron chi connectivity index (χ4n) is 1.71. The molecule has 0 bridgehead atoms. The van der Waals surface area contributed by atoms with Crippen molar-refractivity contribution in [3.05, 3.63) is 45.1 Å². The molecule has 0 aliphatic rings. The van der Waals surface area contributed by atoms with E-state index in [1.165, 1.54) is 4.88 Å². The fourth-order valence-corrected chi connectivity index (χ4v) is 2.69. The number of benzene rings is 1. The van der Waals surface area contributed by atoms with Crippen molar-refractivity contribution in [3.63, 3.8) is 0 Å². The van der Waals surface area contributed by atoms with Gasteiger partial charge < -0.3 is 14.6 Å². The van der Waals surface area contributed by atoms with Gasteiger partial charge in [-0.2, -0.15) is 0 Å². The minimum Gasteiger partial charge on any atom is -0.493 e. The normalized spacial score (nSPS) is 10.5. The lowest BCUT2D eigenvalue weighted by Crippen LogP contribution is -2.03. The zero-order valence-corrected chi connectivity index (χ0v) is 12.1. The highest BCUT2D eigenvalue weighted by atomic mass is 35.5. The molecule has 0 saturated heterocycles. The molecule has 1 aromatic heterocycles. The molecule has 0 radical (unpaired) electrons. The molecule has 0 amide bonds. The largest absolute Gasteiger partial charge is 0.493 e. The molecule has 2 aromatic rings. The Morgan fingerprint density at radius 3 is 2.84 bits per heavy atom. The van der Waals surface area contributed by atoms with Crippen molar-refractivity contribution >= 4 is 22.9 Å². The molecular formula is C14H15ClO3S. The highest BCUT2D eigenvalue weighted by Crippen LogP contribution is 2.36. The third-order valence-corrected chi connectivity index (χ3v) is 3.86. The van der Waals surface area contributed by atoms with Crippen LogP contribution in [0, 0.1) is 0 Å². The second-order valence-electron chi connectivity index (χ2n) is 3.94. The summed E-state index contributed by atoms with van der Waals surface area (Å²) in [4.78, 5) is 1.27. The maximum atomic E-state index is 9.12. The predicted octanol–water partition coefficient (Wildman–Crippen LogP) is 3.52. The molecule has 0 aliphatic carbocycles. The molecular weight excluding hydrogens is 284 g/mol. The number of halogens is 1. The van der Waals surface area contributed by atoms with Gasteiger partial charge in [0.2, 0.25) is 0 Å². The summed E-state index contributed by atoms with van der Waals surface area (Å²) in [7, 11) is 1.55. The Labute approximate surface area is 121 Å². The van der Waals surface area contributed by atoms with Crippen LogP contribution in [-0.2, 0) is 13.0 Å². The molecule has 0 aliphatic heterocycles. The average Bonchev–Trinajstić information content (AvgIpc) is 2.93. The Kier molecular flexibility index (Phi) is 5.07. The van der Waals surface area contributed by atoms with Crippen molar-refractivity contribution in [1.29, 1.82) is 0 Å². The van der Waals surface area contributed by atoms with Gasteiger partial charge in [-0.15, -0.1) is 11.3 Å². The molecule has 1 heterocycles. The highest BCUT2D eigenvalue weighted by molar-refractivity contribution is 7.09. The van der Waals surface area contributed by atoms with Crippen LogP contribution in [0.1, 0.15) is 10.4 Å². The van der Waals surface area contributed by atoms with E-state index in [2.05, 4.69) is 6.07 Å². The molecule has 0 atom stereocenters. The molecule has 0 saturated carbocycles. The van der Waals surface area contributed by atoms with E-state index >= 15 is 0 Å². The number of rotatable bonds is 6. The summed E-state index contributed by atoms with van der Waals surface area (Å²) in [5.41, 5.74) is 0.701. The smallest absolute Gasteiger partial charge is 0.179 e. The summed E-state index contributed by atoms with van der Waals surface area (Å²) < 4.78 is 10.9. The summed E-state index contributed by atoms with van der Waals surface area (Å²) in [6, 6.07) is 7.50. The molecule has 0 spiro atoms. The first-order valence-electron chi connectivity index (χ1n) is 5.87. The van der Waals surface area contributed by atoms with Crippen molar-refractivity contribution in [2.75, 3.05) is 13.7 Å². The summed E-state index contributed by atoms with van der Waals surface area (Å²) in [5, 5.41) is 11.6. The number of hydrogen-bond acceptors (Lipinski definition) is 4. The third-order valence-electron chi connectivity index (χ3n) is 2.65. The van der Waals surface area contributed by atoms with Gasteiger partial charge in [-0.3, -0.25) is 0 Å². The van der Waals surface area contributed by atoms with Crippen LogP contribution >= 0.6 is 22.9 Å². The topological polar surface area (TPSA) is 38.7 Å². The van der Waals surface area contributed by atoms with Crippen LogP contribution in [0.3, 0.4) is 0 Å². The van der Waals surface area contributed by atoms with Gasteiger partial charge in [-0.1, -0.05) is 17.7 Å². The number of hydrogen-bond donors (Lipinski definition) is 1. The second-order valence-corrected chi connectivity index (χ2v) is 5.38. The lowest BCUT2D eigenvalue weighted by molar-refractivity contribution is 0.277. The molecule has 19 heavy (non-hydrogen) atoms. The van der Waals surface area contributed by atoms with E-state index in [9.17, 15) is 0 Å². The molecule has 1 aromatic carbocycles. The lowest BCUT2D eigenvalue weighted by Gasteiger charge is -2.13. The van der Waals surface area contributed by atoms with Crippen LogP contribution in [0.2, 0.25) is 5.02 Å². The minimum atomic E-state index is -0.0778. The number of methoxy groups -OCH3 is 1. The summed E-state index contributed by atoms with van der Waals surface area (Å²) in [5.74, 6) is 1.07. The standard InChI is InChI=1S/C14H15ClO3S/c1-17-13-8-10(9-16)7-12(15)14(13)18-5-4-11-3-2-6-19-11/h2-3,6-8,16H,4-5,9H2,1H3. The highest BCUT2D eigenvalue weighted by Gasteiger charge is 2.11. The molecule has 0 fully saturated rings. The molecule has 1 N–H and O–H groups in total. The van der Waals surface area contributed by atoms with E-state index in [0.717, 1.165) is 6.42 Å². The Hall–Kier alpha value is -1.23. The van der Waals surface area contributed by atoms with Crippen molar-refractivity contribution in [1.82, 2.24) is 0 Å². The molecule has 5 heteroatoms. The van der Waals surface area contributed by atoms with E-state index in [4.69, 9.17) is 26.2 Å². The summed E-state index contributed by atoms with van der Waals surface area (Å²) in [6.45, 7) is 0.459. The fraction of sp³-hybridized carbons (Fsp3) is 0.286. The Balaban J connectivity index is 2.06. The van der Waals surface area contributed by atoms with Crippen LogP contribution < -0.4 is 9.47 Å². The monoisotopic (exact) mass is 298 g/mol. The van der Waals surface area contributed by atoms with Crippen molar-refractivity contribution in [2.45, 2.75) is 13.0 Å². The Morgan fingerprint density at radius 2 is 2.21 bits per heavy atom. The van der Waals surface area contributed by atoms with Gasteiger partial charge in [0, 0.05) is 11.3 Å². The zero-order chi connectivity index (χ0) is 13.7. The van der Waals surface area contributed by atoms with Crippen molar-refractivity contribution in [3.8, 4) is 11.5 Å². The van der Waals surface area contributed by atoms with Crippen LogP contribution in [-0.4, -0.2) is 18.8 Å². The van der Waals surface area contributed by atoms with Gasteiger partial charge >= 0.3 is 0 Å². The van der Waals surface area contributed by atoms with Gasteiger partial charge in [0.15, 0.2) is 11.5 Å². The zero-order valence-electron chi connectivity index (χ0n) is 10.6. The molecule has 0 unspecified atom stereocenters. The van der Waals surface area contributed by atoms with Crippen molar-refractivity contribution in [2.24, 2.45) is 0 Å². The first-order valence-corrected chi connectivity index (χ1v) is 7.12. The van der Waals surface area contributed by atoms with E-state index < -0.39 is 0 Å². The SMILES string of the molecule is COc1cc(CO)cc(Cl)c1OCCc1cccs1. The molecule has 102 valence electrons. The maximum absolute atomic E-state index is 9.12. The van der Waals surface area contributed by atoms with Crippen LogP contribution in [0.25, 0.3) is 0 Å². The summed E-state index contributed by atoms with van der Waals surface area (Å²) in [6.07, 6.45) is 0.832. The van der Waals surface area contributed by atoms with Crippen LogP contribution in [0.4, 0.5) is 0 Å². The Morgan fingerprint density at radius 1 is 1.37 bits per heavy atom. The molecule has 3 nitrogen and oxygen atoms in total. The van der Waals surface area contributed by atoms with Gasteiger partial charge in [0.05, 0.1) is 25.3 Å². The first-order chi connectivity index (χ1) is 9.24. The number of thiophene rings is 1. The van der Waals surface area contributed by atoms with E-state index in [0.29, 0.717) is 28.7 Å². The molecule has 2 rings (SSSR count). The number of ether oxygens (including phenoxy) is 2. The number of aliphatic hydroxyl groups excluding tert-OH is 1. The second kappa shape index (κ2) is 6.80. The summed E-state index contributed by atoms with van der Waals surface area (Å²) >= 11 is 7.84. The maximum Gasteiger partial charge on any atom is 0.179 e. The first kappa shape index (κ1) is 14.2. The lowest BCUT2D eigenvalue weighted by atomic mass is 10.2. The van der Waals surface area contributed by atoms with E-state index in [-0.39, 0.29) is 6.61 Å². The van der Waals surface area contributed by atoms with E-state index in [1.807, 2.05) is 11.4 Å². The number of aliphatic hydroxyl groups is 1. The van der Waals surface area contributed by atoms with Crippen LogP contribution in [0.5, 0.6) is 11.5 Å². The van der Waals surface area contributed by atoms with Gasteiger partial charge in [-0.05, 0) is 29.1 Å². The average molecular weight is 299 g/mol. The van der Waals surface area contributed by atoms with Gasteiger partial charge in [-0.25, -0.2) is 0 Å². The van der Waals surface area contributed by atoms with Gasteiger partial charge in [0.1, 0.15) is 0 Å². The van der Waals surface area contributed by atoms with Crippen molar-refractivity contribution < 1.29 is 14.6 Å². The minimum absolute atomic E-state index is 0.0778. The predicted molar refractivity (Wildman–Crippen MR) is 77.4 cm³/mol. The van der Waals surface area contributed by atoms with Crippen LogP contribution in [0.15, 0.2) is 29.6 Å². The quantitative estimate of drug-likeness (QED) is 0.887. The third kappa shape index (κ3) is 3.62.